The summed E-state index contributed by atoms with van der Waals surface area (Å²) in [6.45, 7) is 9.35. The zero-order chi connectivity index (χ0) is 25.0. The van der Waals surface area contributed by atoms with Crippen molar-refractivity contribution in [3.63, 3.8) is 0 Å². The number of sulfonamides is 1. The topological polar surface area (TPSA) is 71.0 Å². The van der Waals surface area contributed by atoms with Crippen LogP contribution in [0.1, 0.15) is 26.3 Å². The molecule has 0 spiro atoms. The third-order valence-electron chi connectivity index (χ3n) is 5.13. The fourth-order valence-corrected chi connectivity index (χ4v) is 5.70. The quantitative estimate of drug-likeness (QED) is 0.332. The van der Waals surface area contributed by atoms with Gasteiger partial charge in [0.25, 0.3) is 10.0 Å². The number of halogens is 3. The monoisotopic (exact) mass is 525 g/mol. The predicted molar refractivity (Wildman–Crippen MR) is 138 cm³/mol. The van der Waals surface area contributed by atoms with Crippen LogP contribution >= 0.6 is 23.2 Å². The van der Waals surface area contributed by atoms with E-state index in [-0.39, 0.29) is 23.0 Å². The van der Waals surface area contributed by atoms with Gasteiger partial charge in [-0.2, -0.15) is 0 Å². The summed E-state index contributed by atoms with van der Waals surface area (Å²) in [5.74, 6) is -0.0487. The Morgan fingerprint density at radius 3 is 2.71 bits per heavy atom. The Hall–Kier alpha value is -2.55. The van der Waals surface area contributed by atoms with Crippen molar-refractivity contribution in [3.8, 4) is 5.75 Å². The van der Waals surface area contributed by atoms with Gasteiger partial charge in [-0.05, 0) is 51.1 Å². The molecule has 2 aromatic rings. The summed E-state index contributed by atoms with van der Waals surface area (Å²) in [5.41, 5.74) is 2.06. The SMILES string of the molecule is C=C(Cl)C(=CC)S(=O)(=O)N1CC(CN=C(C)C)Oc2ccc(NCc3c(F)cccc3Cl)cc21. The third kappa shape index (κ3) is 5.74. The van der Waals surface area contributed by atoms with Gasteiger partial charge in [-0.25, -0.2) is 12.8 Å². The fraction of sp³-hybridized carbons (Fsp3) is 0.292. The summed E-state index contributed by atoms with van der Waals surface area (Å²) in [4.78, 5) is 4.30. The van der Waals surface area contributed by atoms with Crippen LogP contribution in [0.2, 0.25) is 5.02 Å². The summed E-state index contributed by atoms with van der Waals surface area (Å²) in [5, 5.41) is 3.31. The van der Waals surface area contributed by atoms with Gasteiger partial charge >= 0.3 is 0 Å². The number of ether oxygens (including phenoxy) is 1. The van der Waals surface area contributed by atoms with E-state index in [1.54, 1.807) is 31.2 Å². The lowest BCUT2D eigenvalue weighted by Gasteiger charge is -2.35. The van der Waals surface area contributed by atoms with Crippen LogP contribution in [-0.4, -0.2) is 33.3 Å². The molecule has 0 aliphatic carbocycles. The number of hydrogen-bond acceptors (Lipinski definition) is 5. The average molecular weight is 526 g/mol. The molecule has 1 unspecified atom stereocenters. The van der Waals surface area contributed by atoms with Crippen molar-refractivity contribution >= 4 is 50.3 Å². The van der Waals surface area contributed by atoms with Crippen LogP contribution in [-0.2, 0) is 16.6 Å². The Kier molecular flexibility index (Phi) is 8.28. The number of anilines is 2. The van der Waals surface area contributed by atoms with Crippen molar-refractivity contribution < 1.29 is 17.5 Å². The first-order valence-corrected chi connectivity index (χ1v) is 12.7. The second-order valence-electron chi connectivity index (χ2n) is 7.86. The standard InChI is InChI=1S/C24H26Cl2FN3O3S/c1-5-24(16(4)25)34(31,32)30-14-18(12-28-15(2)3)33-23-10-9-17(11-22(23)30)29-13-19-20(26)7-6-8-21(19)27/h5-11,18,29H,4,12-14H2,1-3H3. The molecule has 0 bridgehead atoms. The summed E-state index contributed by atoms with van der Waals surface area (Å²) >= 11 is 12.1. The van der Waals surface area contributed by atoms with Gasteiger partial charge in [0.2, 0.25) is 0 Å². The van der Waals surface area contributed by atoms with E-state index in [1.165, 1.54) is 22.5 Å². The minimum Gasteiger partial charge on any atom is -0.484 e. The number of nitrogens with one attached hydrogen (secondary N) is 1. The molecule has 0 aromatic heterocycles. The van der Waals surface area contributed by atoms with E-state index in [1.807, 2.05) is 13.8 Å². The largest absolute Gasteiger partial charge is 0.484 e. The zero-order valence-electron chi connectivity index (χ0n) is 19.1. The van der Waals surface area contributed by atoms with Crippen LogP contribution in [0.3, 0.4) is 0 Å². The van der Waals surface area contributed by atoms with Crippen LogP contribution < -0.4 is 14.4 Å². The second-order valence-corrected chi connectivity index (χ2v) is 10.6. The molecule has 1 heterocycles. The van der Waals surface area contributed by atoms with Gasteiger partial charge in [0.15, 0.2) is 0 Å². The molecule has 10 heteroatoms. The fourth-order valence-electron chi connectivity index (χ4n) is 3.48. The lowest BCUT2D eigenvalue weighted by Crippen LogP contribution is -2.45. The van der Waals surface area contributed by atoms with Crippen LogP contribution in [0.5, 0.6) is 5.75 Å². The predicted octanol–water partition coefficient (Wildman–Crippen LogP) is 6.13. The van der Waals surface area contributed by atoms with Crippen molar-refractivity contribution in [1.29, 1.82) is 0 Å². The van der Waals surface area contributed by atoms with Crippen LogP contribution in [0.4, 0.5) is 15.8 Å². The highest BCUT2D eigenvalue weighted by atomic mass is 35.5. The van der Waals surface area contributed by atoms with Crippen LogP contribution in [0.25, 0.3) is 0 Å². The number of nitrogens with zero attached hydrogens (tertiary/aromatic N) is 2. The van der Waals surface area contributed by atoms with E-state index in [0.29, 0.717) is 34.3 Å². The molecule has 3 rings (SSSR count). The Morgan fingerprint density at radius 2 is 2.09 bits per heavy atom. The molecule has 34 heavy (non-hydrogen) atoms. The Labute approximate surface area is 209 Å². The smallest absolute Gasteiger partial charge is 0.265 e. The van der Waals surface area contributed by atoms with E-state index in [2.05, 4.69) is 16.9 Å². The highest BCUT2D eigenvalue weighted by Gasteiger charge is 2.36. The summed E-state index contributed by atoms with van der Waals surface area (Å²) in [7, 11) is -4.03. The molecule has 0 amide bonds. The Balaban J connectivity index is 1.99. The molecule has 2 aromatic carbocycles. The molecule has 0 radical (unpaired) electrons. The van der Waals surface area contributed by atoms with Crippen molar-refractivity contribution in [2.24, 2.45) is 4.99 Å². The summed E-state index contributed by atoms with van der Waals surface area (Å²) in [6, 6.07) is 9.50. The molecule has 182 valence electrons. The summed E-state index contributed by atoms with van der Waals surface area (Å²) < 4.78 is 48.5. The maximum atomic E-state index is 14.2. The van der Waals surface area contributed by atoms with E-state index >= 15 is 0 Å². The van der Waals surface area contributed by atoms with Gasteiger partial charge in [-0.1, -0.05) is 41.9 Å². The average Bonchev–Trinajstić information content (AvgIpc) is 2.76. The van der Waals surface area contributed by atoms with Crippen LogP contribution in [0, 0.1) is 5.82 Å². The van der Waals surface area contributed by atoms with Gasteiger partial charge in [0, 0.05) is 28.5 Å². The highest BCUT2D eigenvalue weighted by molar-refractivity contribution is 7.97. The lowest BCUT2D eigenvalue weighted by molar-refractivity contribution is 0.208. The molecular formula is C24H26Cl2FN3O3S. The van der Waals surface area contributed by atoms with Gasteiger partial charge in [0.05, 0.1) is 23.8 Å². The van der Waals surface area contributed by atoms with Crippen molar-refractivity contribution in [1.82, 2.24) is 0 Å². The third-order valence-corrected chi connectivity index (χ3v) is 7.76. The molecule has 0 saturated carbocycles. The maximum absolute atomic E-state index is 14.2. The van der Waals surface area contributed by atoms with Gasteiger partial charge in [0.1, 0.15) is 22.6 Å². The van der Waals surface area contributed by atoms with Crippen LogP contribution in [0.15, 0.2) is 64.0 Å². The molecule has 0 fully saturated rings. The lowest BCUT2D eigenvalue weighted by atomic mass is 10.1. The molecule has 1 N–H and O–H groups in total. The van der Waals surface area contributed by atoms with Gasteiger partial charge < -0.3 is 10.1 Å². The first-order chi connectivity index (χ1) is 16.0. The molecule has 0 saturated heterocycles. The van der Waals surface area contributed by atoms with Crippen molar-refractivity contribution in [3.05, 3.63) is 75.4 Å². The second kappa shape index (κ2) is 10.8. The van der Waals surface area contributed by atoms with Crippen molar-refractivity contribution in [2.75, 3.05) is 22.7 Å². The first-order valence-electron chi connectivity index (χ1n) is 10.5. The van der Waals surface area contributed by atoms with E-state index < -0.39 is 21.9 Å². The Bertz CT molecular complexity index is 1240. The number of fused-ring (bicyclic) bond motifs is 1. The Morgan fingerprint density at radius 1 is 1.35 bits per heavy atom. The molecule has 6 nitrogen and oxygen atoms in total. The minimum absolute atomic E-state index is 0.0379. The van der Waals surface area contributed by atoms with E-state index in [0.717, 1.165) is 5.71 Å². The highest BCUT2D eigenvalue weighted by Crippen LogP contribution is 2.40. The summed E-state index contributed by atoms with van der Waals surface area (Å²) in [6.07, 6.45) is 0.917. The number of aliphatic imine (C=N–C) groups is 1. The minimum atomic E-state index is -4.03. The molecular weight excluding hydrogens is 500 g/mol. The van der Waals surface area contributed by atoms with E-state index in [4.69, 9.17) is 27.9 Å². The molecule has 1 aliphatic rings. The zero-order valence-corrected chi connectivity index (χ0v) is 21.4. The number of allylic oxidation sites excluding steroid dienone is 2. The first kappa shape index (κ1) is 26.1. The number of benzene rings is 2. The van der Waals surface area contributed by atoms with Crippen molar-refractivity contribution in [2.45, 2.75) is 33.4 Å². The molecule has 1 aliphatic heterocycles. The van der Waals surface area contributed by atoms with Gasteiger partial charge in [-0.15, -0.1) is 0 Å². The van der Waals surface area contributed by atoms with E-state index in [9.17, 15) is 12.8 Å². The number of rotatable bonds is 8. The normalized spacial score (nSPS) is 15.9. The number of hydrogen-bond donors (Lipinski definition) is 1. The van der Waals surface area contributed by atoms with Gasteiger partial charge in [-0.3, -0.25) is 9.30 Å². The molecule has 1 atom stereocenters. The maximum Gasteiger partial charge on any atom is 0.265 e.